The molecule has 86 valence electrons. The lowest BCUT2D eigenvalue weighted by molar-refractivity contribution is -0.139. The van der Waals surface area contributed by atoms with Gasteiger partial charge in [0.2, 0.25) is 0 Å². The molecule has 0 radical (unpaired) electrons. The minimum atomic E-state index is -0.745. The Morgan fingerprint density at radius 1 is 1.44 bits per heavy atom. The maximum Gasteiger partial charge on any atom is 0.326 e. The summed E-state index contributed by atoms with van der Waals surface area (Å²) in [6.07, 6.45) is 0.649. The monoisotopic (exact) mass is 219 g/mol. The Labute approximate surface area is 95.7 Å². The van der Waals surface area contributed by atoms with E-state index < -0.39 is 12.0 Å². The molecule has 0 bridgehead atoms. The van der Waals surface area contributed by atoms with Crippen LogP contribution in [0.1, 0.15) is 25.8 Å². The van der Waals surface area contributed by atoms with E-state index in [1.807, 2.05) is 30.1 Å². The number of nitrogens with zero attached hydrogens (tertiary/aromatic N) is 1. The number of hydrogen-bond donors (Lipinski definition) is 1. The molecule has 1 heterocycles. The molecule has 0 aliphatic carbocycles. The van der Waals surface area contributed by atoms with Crippen LogP contribution in [-0.2, 0) is 10.2 Å². The van der Waals surface area contributed by atoms with Gasteiger partial charge in [0.1, 0.15) is 6.04 Å². The number of carbonyl (C=O) groups is 1. The molecule has 3 heteroatoms. The van der Waals surface area contributed by atoms with Gasteiger partial charge in [-0.3, -0.25) is 0 Å². The second kappa shape index (κ2) is 3.51. The summed E-state index contributed by atoms with van der Waals surface area (Å²) in [6, 6.07) is 7.62. The van der Waals surface area contributed by atoms with Crippen LogP contribution < -0.4 is 4.90 Å². The zero-order chi connectivity index (χ0) is 11.9. The SMILES string of the molecule is CN1c2ccccc2C(C)(C)CC1C(=O)O. The van der Waals surface area contributed by atoms with E-state index in [0.29, 0.717) is 6.42 Å². The van der Waals surface area contributed by atoms with Crippen molar-refractivity contribution in [2.24, 2.45) is 0 Å². The number of para-hydroxylation sites is 1. The van der Waals surface area contributed by atoms with Crippen molar-refractivity contribution < 1.29 is 9.90 Å². The van der Waals surface area contributed by atoms with Crippen molar-refractivity contribution in [2.75, 3.05) is 11.9 Å². The van der Waals surface area contributed by atoms with E-state index in [4.69, 9.17) is 0 Å². The number of anilines is 1. The second-order valence-corrected chi connectivity index (χ2v) is 5.07. The van der Waals surface area contributed by atoms with Crippen LogP contribution in [0.5, 0.6) is 0 Å². The first kappa shape index (κ1) is 11.0. The van der Waals surface area contributed by atoms with Gasteiger partial charge >= 0.3 is 5.97 Å². The van der Waals surface area contributed by atoms with Crippen molar-refractivity contribution in [3.63, 3.8) is 0 Å². The average Bonchev–Trinajstić information content (AvgIpc) is 2.23. The highest BCUT2D eigenvalue weighted by molar-refractivity contribution is 5.80. The quantitative estimate of drug-likeness (QED) is 0.787. The van der Waals surface area contributed by atoms with Gasteiger partial charge in [-0.15, -0.1) is 0 Å². The molecule has 0 saturated heterocycles. The number of likely N-dealkylation sites (N-methyl/N-ethyl adjacent to an activating group) is 1. The number of carboxylic acid groups (broad SMARTS) is 1. The lowest BCUT2D eigenvalue weighted by Gasteiger charge is -2.42. The maximum absolute atomic E-state index is 11.2. The molecule has 0 spiro atoms. The van der Waals surface area contributed by atoms with Crippen molar-refractivity contribution in [3.05, 3.63) is 29.8 Å². The Kier molecular flexibility index (Phi) is 2.41. The molecule has 0 saturated carbocycles. The molecule has 1 N–H and O–H groups in total. The predicted molar refractivity (Wildman–Crippen MR) is 63.9 cm³/mol. The highest BCUT2D eigenvalue weighted by Gasteiger charge is 2.38. The first-order valence-corrected chi connectivity index (χ1v) is 5.48. The van der Waals surface area contributed by atoms with Gasteiger partial charge in [-0.1, -0.05) is 32.0 Å². The zero-order valence-electron chi connectivity index (χ0n) is 9.90. The number of benzene rings is 1. The van der Waals surface area contributed by atoms with E-state index in [1.54, 1.807) is 0 Å². The predicted octanol–water partition coefficient (Wildman–Crippen LogP) is 2.26. The standard InChI is InChI=1S/C13H17NO2/c1-13(2)8-11(12(15)16)14(3)10-7-5-4-6-9(10)13/h4-7,11H,8H2,1-3H3,(H,15,16). The van der Waals surface area contributed by atoms with Crippen LogP contribution in [0.15, 0.2) is 24.3 Å². The molecule has 0 amide bonds. The van der Waals surface area contributed by atoms with Gasteiger partial charge in [0.25, 0.3) is 0 Å². The molecule has 1 aliphatic heterocycles. The van der Waals surface area contributed by atoms with Crippen LogP contribution >= 0.6 is 0 Å². The van der Waals surface area contributed by atoms with E-state index in [1.165, 1.54) is 5.56 Å². The summed E-state index contributed by atoms with van der Waals surface area (Å²) in [5, 5.41) is 9.22. The summed E-state index contributed by atoms with van der Waals surface area (Å²) in [4.78, 5) is 13.1. The Bertz CT molecular complexity index is 426. The van der Waals surface area contributed by atoms with Gasteiger partial charge < -0.3 is 10.0 Å². The van der Waals surface area contributed by atoms with Gasteiger partial charge in [0.05, 0.1) is 0 Å². The van der Waals surface area contributed by atoms with E-state index in [0.717, 1.165) is 5.69 Å². The fourth-order valence-corrected chi connectivity index (χ4v) is 2.50. The van der Waals surface area contributed by atoms with Gasteiger partial charge in [0.15, 0.2) is 0 Å². The van der Waals surface area contributed by atoms with Crippen LogP contribution in [0.3, 0.4) is 0 Å². The molecule has 1 aliphatic rings. The van der Waals surface area contributed by atoms with Crippen molar-refractivity contribution >= 4 is 11.7 Å². The summed E-state index contributed by atoms with van der Waals surface area (Å²) in [6.45, 7) is 4.21. The summed E-state index contributed by atoms with van der Waals surface area (Å²) >= 11 is 0. The van der Waals surface area contributed by atoms with Crippen molar-refractivity contribution in [3.8, 4) is 0 Å². The number of rotatable bonds is 1. The number of fused-ring (bicyclic) bond motifs is 1. The molecular formula is C13H17NO2. The fraction of sp³-hybridized carbons (Fsp3) is 0.462. The highest BCUT2D eigenvalue weighted by Crippen LogP contribution is 2.41. The normalized spacial score (nSPS) is 22.7. The molecule has 0 fully saturated rings. The molecule has 1 aromatic carbocycles. The smallest absolute Gasteiger partial charge is 0.326 e. The third-order valence-electron chi connectivity index (χ3n) is 3.47. The minimum Gasteiger partial charge on any atom is -0.480 e. The minimum absolute atomic E-state index is 0.0772. The van der Waals surface area contributed by atoms with E-state index >= 15 is 0 Å². The lowest BCUT2D eigenvalue weighted by atomic mass is 9.75. The Morgan fingerprint density at radius 3 is 2.69 bits per heavy atom. The maximum atomic E-state index is 11.2. The molecule has 1 atom stereocenters. The Morgan fingerprint density at radius 2 is 2.06 bits per heavy atom. The number of carboxylic acids is 1. The van der Waals surface area contributed by atoms with Crippen molar-refractivity contribution in [1.82, 2.24) is 0 Å². The summed E-state index contributed by atoms with van der Waals surface area (Å²) in [5.74, 6) is -0.745. The van der Waals surface area contributed by atoms with Gasteiger partial charge in [-0.2, -0.15) is 0 Å². The van der Waals surface area contributed by atoms with E-state index in [-0.39, 0.29) is 5.41 Å². The zero-order valence-corrected chi connectivity index (χ0v) is 9.90. The summed E-state index contributed by atoms with van der Waals surface area (Å²) < 4.78 is 0. The third kappa shape index (κ3) is 1.56. The first-order chi connectivity index (χ1) is 7.43. The van der Waals surface area contributed by atoms with Gasteiger partial charge in [0, 0.05) is 12.7 Å². The largest absolute Gasteiger partial charge is 0.480 e. The van der Waals surface area contributed by atoms with Crippen LogP contribution in [0.2, 0.25) is 0 Å². The average molecular weight is 219 g/mol. The molecule has 1 unspecified atom stereocenters. The molecule has 2 rings (SSSR count). The number of aliphatic carboxylic acids is 1. The van der Waals surface area contributed by atoms with Crippen molar-refractivity contribution in [1.29, 1.82) is 0 Å². The van der Waals surface area contributed by atoms with Gasteiger partial charge in [-0.05, 0) is 23.5 Å². The van der Waals surface area contributed by atoms with Crippen LogP contribution in [-0.4, -0.2) is 24.2 Å². The van der Waals surface area contributed by atoms with Crippen molar-refractivity contribution in [2.45, 2.75) is 31.7 Å². The Hall–Kier alpha value is -1.51. The van der Waals surface area contributed by atoms with Crippen LogP contribution in [0.25, 0.3) is 0 Å². The molecular weight excluding hydrogens is 202 g/mol. The molecule has 0 aromatic heterocycles. The van der Waals surface area contributed by atoms with E-state index in [2.05, 4.69) is 19.9 Å². The Balaban J connectivity index is 2.53. The van der Waals surface area contributed by atoms with Crippen LogP contribution in [0, 0.1) is 0 Å². The lowest BCUT2D eigenvalue weighted by Crippen LogP contribution is -2.47. The summed E-state index contributed by atoms with van der Waals surface area (Å²) in [5.41, 5.74) is 2.19. The van der Waals surface area contributed by atoms with Crippen LogP contribution in [0.4, 0.5) is 5.69 Å². The molecule has 3 nitrogen and oxygen atoms in total. The summed E-state index contributed by atoms with van der Waals surface area (Å²) in [7, 11) is 1.85. The highest BCUT2D eigenvalue weighted by atomic mass is 16.4. The molecule has 16 heavy (non-hydrogen) atoms. The fourth-order valence-electron chi connectivity index (χ4n) is 2.50. The first-order valence-electron chi connectivity index (χ1n) is 5.48. The topological polar surface area (TPSA) is 40.5 Å². The van der Waals surface area contributed by atoms with E-state index in [9.17, 15) is 9.90 Å². The second-order valence-electron chi connectivity index (χ2n) is 5.07. The third-order valence-corrected chi connectivity index (χ3v) is 3.47. The molecule has 1 aromatic rings. The van der Waals surface area contributed by atoms with Gasteiger partial charge in [-0.25, -0.2) is 4.79 Å². The number of hydrogen-bond acceptors (Lipinski definition) is 2.